The largest absolute Gasteiger partial charge is 0.313 e. The molecule has 1 atom stereocenters. The summed E-state index contributed by atoms with van der Waals surface area (Å²) in [5.41, 5.74) is 0. The number of nitrogens with one attached hydrogen (secondary N) is 1. The molecule has 0 spiro atoms. The van der Waals surface area contributed by atoms with Crippen molar-refractivity contribution in [3.8, 4) is 0 Å². The van der Waals surface area contributed by atoms with Crippen LogP contribution in [0.15, 0.2) is 0 Å². The van der Waals surface area contributed by atoms with Gasteiger partial charge in [0.1, 0.15) is 0 Å². The van der Waals surface area contributed by atoms with E-state index in [-0.39, 0.29) is 0 Å². The molecule has 0 radical (unpaired) electrons. The molecule has 15 heavy (non-hydrogen) atoms. The molecule has 1 fully saturated rings. The smallest absolute Gasteiger partial charge is 0.0231 e. The third-order valence-corrected chi connectivity index (χ3v) is 4.20. The lowest BCUT2D eigenvalue weighted by Crippen LogP contribution is -2.50. The number of rotatable bonds is 4. The highest BCUT2D eigenvalue weighted by Gasteiger charge is 2.29. The normalized spacial score (nSPS) is 24.4. The quantitative estimate of drug-likeness (QED) is 0.797. The van der Waals surface area contributed by atoms with Crippen LogP contribution >= 0.6 is 11.8 Å². The Morgan fingerprint density at radius 2 is 2.00 bits per heavy atom. The van der Waals surface area contributed by atoms with E-state index in [1.807, 2.05) is 0 Å². The summed E-state index contributed by atoms with van der Waals surface area (Å²) >= 11 is 2.10. The van der Waals surface area contributed by atoms with Gasteiger partial charge in [0, 0.05) is 42.2 Å². The van der Waals surface area contributed by atoms with E-state index in [1.165, 1.54) is 18.8 Å². The van der Waals surface area contributed by atoms with Crippen molar-refractivity contribution in [2.24, 2.45) is 0 Å². The van der Waals surface area contributed by atoms with Gasteiger partial charge in [-0.1, -0.05) is 13.8 Å². The monoisotopic (exact) mass is 230 g/mol. The van der Waals surface area contributed by atoms with Crippen molar-refractivity contribution < 1.29 is 0 Å². The number of thioether (sulfide) groups is 1. The summed E-state index contributed by atoms with van der Waals surface area (Å²) in [6.45, 7) is 15.0. The lowest BCUT2D eigenvalue weighted by Gasteiger charge is -2.41. The fraction of sp³-hybridized carbons (Fsp3) is 1.00. The molecule has 0 bridgehead atoms. The molecule has 1 saturated heterocycles. The summed E-state index contributed by atoms with van der Waals surface area (Å²) in [4.78, 5) is 2.62. The summed E-state index contributed by atoms with van der Waals surface area (Å²) in [5, 5.41) is 3.52. The Hall–Kier alpha value is 0.270. The van der Waals surface area contributed by atoms with E-state index in [0.29, 0.717) is 16.8 Å². The fourth-order valence-corrected chi connectivity index (χ4v) is 3.10. The molecule has 0 aromatic rings. The van der Waals surface area contributed by atoms with Crippen LogP contribution in [0, 0.1) is 0 Å². The van der Waals surface area contributed by atoms with Crippen LogP contribution < -0.4 is 5.32 Å². The van der Waals surface area contributed by atoms with Gasteiger partial charge in [-0.05, 0) is 20.8 Å². The van der Waals surface area contributed by atoms with E-state index in [4.69, 9.17) is 0 Å². The molecule has 0 aromatic heterocycles. The van der Waals surface area contributed by atoms with Crippen LogP contribution in [0.25, 0.3) is 0 Å². The van der Waals surface area contributed by atoms with Gasteiger partial charge in [-0.2, -0.15) is 11.8 Å². The first-order valence-electron chi connectivity index (χ1n) is 6.02. The van der Waals surface area contributed by atoms with Gasteiger partial charge in [0.25, 0.3) is 0 Å². The lowest BCUT2D eigenvalue weighted by molar-refractivity contribution is 0.193. The Morgan fingerprint density at radius 1 is 1.33 bits per heavy atom. The molecule has 0 saturated carbocycles. The number of hydrogen-bond acceptors (Lipinski definition) is 3. The first-order valence-corrected chi connectivity index (χ1v) is 7.01. The Morgan fingerprint density at radius 3 is 2.53 bits per heavy atom. The fourth-order valence-electron chi connectivity index (χ4n) is 1.96. The molecule has 1 aliphatic heterocycles. The van der Waals surface area contributed by atoms with Gasteiger partial charge < -0.3 is 5.32 Å². The van der Waals surface area contributed by atoms with E-state index >= 15 is 0 Å². The summed E-state index contributed by atoms with van der Waals surface area (Å²) in [6.07, 6.45) is 0. The van der Waals surface area contributed by atoms with Crippen LogP contribution in [0.5, 0.6) is 0 Å². The molecular formula is C12H26N2S. The first-order chi connectivity index (χ1) is 6.91. The minimum atomic E-state index is 0.435. The van der Waals surface area contributed by atoms with E-state index in [2.05, 4.69) is 56.6 Å². The average Bonchev–Trinajstić information content (AvgIpc) is 2.12. The van der Waals surface area contributed by atoms with Crippen LogP contribution in [0.1, 0.15) is 34.6 Å². The third kappa shape index (κ3) is 4.75. The molecule has 1 rings (SSSR count). The van der Waals surface area contributed by atoms with Crippen molar-refractivity contribution in [3.05, 3.63) is 0 Å². The molecule has 0 aliphatic carbocycles. The van der Waals surface area contributed by atoms with Crippen LogP contribution in [0.3, 0.4) is 0 Å². The molecule has 3 heteroatoms. The maximum absolute atomic E-state index is 3.52. The van der Waals surface area contributed by atoms with Crippen molar-refractivity contribution in [1.82, 2.24) is 10.2 Å². The predicted molar refractivity (Wildman–Crippen MR) is 70.7 cm³/mol. The van der Waals surface area contributed by atoms with E-state index in [9.17, 15) is 0 Å². The maximum atomic E-state index is 3.52. The molecule has 1 unspecified atom stereocenters. The molecule has 1 aliphatic rings. The number of nitrogens with zero attached hydrogens (tertiary/aromatic N) is 1. The zero-order valence-corrected chi connectivity index (χ0v) is 11.7. The maximum Gasteiger partial charge on any atom is 0.0231 e. The molecule has 2 nitrogen and oxygen atoms in total. The van der Waals surface area contributed by atoms with Crippen LogP contribution in [-0.2, 0) is 0 Å². The van der Waals surface area contributed by atoms with Crippen LogP contribution in [-0.4, -0.2) is 47.1 Å². The third-order valence-electron chi connectivity index (χ3n) is 2.90. The summed E-state index contributed by atoms with van der Waals surface area (Å²) in [6, 6.07) is 1.26. The van der Waals surface area contributed by atoms with Crippen molar-refractivity contribution >= 4 is 11.8 Å². The van der Waals surface area contributed by atoms with Gasteiger partial charge in [0.15, 0.2) is 0 Å². The first kappa shape index (κ1) is 13.3. The van der Waals surface area contributed by atoms with Crippen molar-refractivity contribution in [2.45, 2.75) is 51.4 Å². The zero-order valence-electron chi connectivity index (χ0n) is 10.8. The average molecular weight is 230 g/mol. The van der Waals surface area contributed by atoms with E-state index in [1.54, 1.807) is 0 Å². The second-order valence-electron chi connectivity index (χ2n) is 5.49. The summed E-state index contributed by atoms with van der Waals surface area (Å²) in [7, 11) is 0. The SMILES string of the molecule is CC(C)NCC(C)N1CCSC(C)(C)C1. The summed E-state index contributed by atoms with van der Waals surface area (Å²) in [5.74, 6) is 1.28. The minimum Gasteiger partial charge on any atom is -0.313 e. The van der Waals surface area contributed by atoms with Crippen molar-refractivity contribution in [3.63, 3.8) is 0 Å². The van der Waals surface area contributed by atoms with Crippen molar-refractivity contribution in [1.29, 1.82) is 0 Å². The van der Waals surface area contributed by atoms with E-state index < -0.39 is 0 Å². The van der Waals surface area contributed by atoms with Gasteiger partial charge in [0.2, 0.25) is 0 Å². The number of hydrogen-bond donors (Lipinski definition) is 1. The lowest BCUT2D eigenvalue weighted by atomic mass is 10.1. The van der Waals surface area contributed by atoms with Gasteiger partial charge in [-0.15, -0.1) is 0 Å². The van der Waals surface area contributed by atoms with Gasteiger partial charge >= 0.3 is 0 Å². The Balaban J connectivity index is 2.35. The highest BCUT2D eigenvalue weighted by molar-refractivity contribution is 8.00. The Labute approximate surface area is 99.2 Å². The van der Waals surface area contributed by atoms with Gasteiger partial charge in [0.05, 0.1) is 0 Å². The molecule has 0 aromatic carbocycles. The molecule has 1 N–H and O–H groups in total. The van der Waals surface area contributed by atoms with Crippen molar-refractivity contribution in [2.75, 3.05) is 25.4 Å². The molecule has 0 amide bonds. The Bertz CT molecular complexity index is 192. The molecule has 1 heterocycles. The second-order valence-corrected chi connectivity index (χ2v) is 7.29. The summed E-state index contributed by atoms with van der Waals surface area (Å²) < 4.78 is 0.435. The molecular weight excluding hydrogens is 204 g/mol. The topological polar surface area (TPSA) is 15.3 Å². The molecule has 90 valence electrons. The zero-order chi connectivity index (χ0) is 11.5. The predicted octanol–water partition coefficient (Wildman–Crippen LogP) is 2.20. The van der Waals surface area contributed by atoms with E-state index in [0.717, 1.165) is 6.54 Å². The highest BCUT2D eigenvalue weighted by Crippen LogP contribution is 2.30. The van der Waals surface area contributed by atoms with Gasteiger partial charge in [-0.3, -0.25) is 4.90 Å². The van der Waals surface area contributed by atoms with Crippen LogP contribution in [0.2, 0.25) is 0 Å². The minimum absolute atomic E-state index is 0.435. The highest BCUT2D eigenvalue weighted by atomic mass is 32.2. The van der Waals surface area contributed by atoms with Gasteiger partial charge in [-0.25, -0.2) is 0 Å². The van der Waals surface area contributed by atoms with Crippen LogP contribution in [0.4, 0.5) is 0 Å². The Kier molecular flexibility index (Phi) is 4.94. The second kappa shape index (κ2) is 5.55. The standard InChI is InChI=1S/C12H26N2S/c1-10(2)13-8-11(3)14-6-7-15-12(4,5)9-14/h10-11,13H,6-9H2,1-5H3.